The summed E-state index contributed by atoms with van der Waals surface area (Å²) in [6, 6.07) is 2.53. The molecule has 0 saturated carbocycles. The molecular formula is C14H14N2O4. The van der Waals surface area contributed by atoms with Crippen molar-refractivity contribution in [2.45, 2.75) is 25.3 Å². The lowest BCUT2D eigenvalue weighted by atomic mass is 9.78. The van der Waals surface area contributed by atoms with Crippen molar-refractivity contribution in [3.8, 4) is 0 Å². The maximum atomic E-state index is 11.4. The van der Waals surface area contributed by atoms with Crippen molar-refractivity contribution < 1.29 is 14.8 Å². The van der Waals surface area contributed by atoms with Crippen molar-refractivity contribution in [2.24, 2.45) is 5.92 Å². The number of nitro benzene ring substituents is 1. The van der Waals surface area contributed by atoms with Gasteiger partial charge in [-0.2, -0.15) is 0 Å². The van der Waals surface area contributed by atoms with Gasteiger partial charge in [0.05, 0.1) is 10.5 Å². The second kappa shape index (κ2) is 4.33. The van der Waals surface area contributed by atoms with E-state index in [1.54, 1.807) is 13.0 Å². The Bertz CT molecular complexity index is 638. The van der Waals surface area contributed by atoms with E-state index in [4.69, 9.17) is 0 Å². The third-order valence-electron chi connectivity index (χ3n) is 4.23. The number of carbonyl (C=O) groups is 1. The molecule has 0 fully saturated rings. The summed E-state index contributed by atoms with van der Waals surface area (Å²) in [5, 5.41) is 23.3. The Labute approximate surface area is 115 Å². The zero-order chi connectivity index (χ0) is 14.4. The lowest BCUT2D eigenvalue weighted by Crippen LogP contribution is -2.42. The van der Waals surface area contributed by atoms with E-state index in [1.807, 2.05) is 12.2 Å². The van der Waals surface area contributed by atoms with E-state index in [1.165, 1.54) is 6.07 Å². The number of allylic oxidation sites excluding steroid dienone is 2. The maximum Gasteiger partial charge on any atom is 0.326 e. The first kappa shape index (κ1) is 12.7. The second-order valence-electron chi connectivity index (χ2n) is 5.24. The van der Waals surface area contributed by atoms with Gasteiger partial charge in [-0.1, -0.05) is 12.2 Å². The largest absolute Gasteiger partial charge is 0.480 e. The number of anilines is 1. The summed E-state index contributed by atoms with van der Waals surface area (Å²) in [4.78, 5) is 22.0. The number of fused-ring (bicyclic) bond motifs is 3. The Morgan fingerprint density at radius 3 is 2.90 bits per heavy atom. The molecule has 1 aliphatic carbocycles. The molecule has 1 heterocycles. The van der Waals surface area contributed by atoms with E-state index in [0.29, 0.717) is 17.7 Å². The Kier molecular flexibility index (Phi) is 2.74. The lowest BCUT2D eigenvalue weighted by molar-refractivity contribution is -0.385. The zero-order valence-corrected chi connectivity index (χ0v) is 10.9. The number of aliphatic carboxylic acids is 1. The first-order valence-corrected chi connectivity index (χ1v) is 6.44. The molecular weight excluding hydrogens is 260 g/mol. The van der Waals surface area contributed by atoms with Gasteiger partial charge in [-0.05, 0) is 25.0 Å². The Hall–Kier alpha value is -2.37. The van der Waals surface area contributed by atoms with Crippen LogP contribution in [0.1, 0.15) is 23.5 Å². The third-order valence-corrected chi connectivity index (χ3v) is 4.23. The molecule has 2 N–H and O–H groups in total. The van der Waals surface area contributed by atoms with Crippen molar-refractivity contribution in [3.05, 3.63) is 45.5 Å². The fraction of sp³-hybridized carbons (Fsp3) is 0.357. The molecule has 0 saturated heterocycles. The molecule has 0 aromatic heterocycles. The predicted octanol–water partition coefficient (Wildman–Crippen LogP) is 2.44. The molecule has 2 aliphatic rings. The van der Waals surface area contributed by atoms with Gasteiger partial charge in [0.1, 0.15) is 6.04 Å². The molecule has 104 valence electrons. The standard InChI is InChI=1S/C14H14N2O4/c1-7-11(16(19)20)6-5-10-8-3-2-4-9(8)13(14(17)18)15-12(7)10/h2-3,5-6,8-9,13,15H,4H2,1H3,(H,17,18)/t8-,9-,13+/m1/s1. The van der Waals surface area contributed by atoms with Crippen LogP contribution in [0.4, 0.5) is 11.4 Å². The number of nitrogens with one attached hydrogen (secondary N) is 1. The number of carboxylic acid groups (broad SMARTS) is 1. The fourth-order valence-corrected chi connectivity index (χ4v) is 3.25. The highest BCUT2D eigenvalue weighted by molar-refractivity contribution is 5.82. The van der Waals surface area contributed by atoms with Crippen LogP contribution < -0.4 is 5.32 Å². The van der Waals surface area contributed by atoms with Crippen molar-refractivity contribution in [3.63, 3.8) is 0 Å². The van der Waals surface area contributed by atoms with E-state index < -0.39 is 16.9 Å². The highest BCUT2D eigenvalue weighted by Crippen LogP contribution is 2.47. The van der Waals surface area contributed by atoms with Gasteiger partial charge in [0.15, 0.2) is 0 Å². The van der Waals surface area contributed by atoms with Crippen molar-refractivity contribution in [1.82, 2.24) is 0 Å². The summed E-state index contributed by atoms with van der Waals surface area (Å²) >= 11 is 0. The Balaban J connectivity index is 2.15. The number of nitrogens with zero attached hydrogens (tertiary/aromatic N) is 1. The van der Waals surface area contributed by atoms with Crippen LogP contribution in [0.15, 0.2) is 24.3 Å². The molecule has 3 rings (SSSR count). The van der Waals surface area contributed by atoms with Crippen LogP contribution in [0.25, 0.3) is 0 Å². The molecule has 0 spiro atoms. The van der Waals surface area contributed by atoms with Crippen LogP contribution in [0.2, 0.25) is 0 Å². The fourth-order valence-electron chi connectivity index (χ4n) is 3.25. The van der Waals surface area contributed by atoms with E-state index in [9.17, 15) is 20.0 Å². The summed E-state index contributed by atoms with van der Waals surface area (Å²) in [6.45, 7) is 1.65. The highest BCUT2D eigenvalue weighted by atomic mass is 16.6. The zero-order valence-electron chi connectivity index (χ0n) is 10.9. The number of hydrogen-bond donors (Lipinski definition) is 2. The molecule has 0 radical (unpaired) electrons. The topological polar surface area (TPSA) is 92.5 Å². The first-order valence-electron chi connectivity index (χ1n) is 6.44. The van der Waals surface area contributed by atoms with Crippen LogP contribution >= 0.6 is 0 Å². The van der Waals surface area contributed by atoms with Gasteiger partial charge in [-0.25, -0.2) is 4.79 Å². The summed E-state index contributed by atoms with van der Waals surface area (Å²) in [7, 11) is 0. The van der Waals surface area contributed by atoms with Crippen LogP contribution in [-0.4, -0.2) is 22.0 Å². The van der Waals surface area contributed by atoms with Crippen molar-refractivity contribution in [1.29, 1.82) is 0 Å². The highest BCUT2D eigenvalue weighted by Gasteiger charge is 2.42. The van der Waals surface area contributed by atoms with E-state index >= 15 is 0 Å². The van der Waals surface area contributed by atoms with Crippen molar-refractivity contribution in [2.75, 3.05) is 5.32 Å². The smallest absolute Gasteiger partial charge is 0.326 e. The van der Waals surface area contributed by atoms with Crippen LogP contribution in [-0.2, 0) is 4.79 Å². The summed E-state index contributed by atoms with van der Waals surface area (Å²) in [5.41, 5.74) is 2.06. The predicted molar refractivity (Wildman–Crippen MR) is 72.9 cm³/mol. The number of carboxylic acids is 1. The number of benzene rings is 1. The second-order valence-corrected chi connectivity index (χ2v) is 5.24. The van der Waals surface area contributed by atoms with Gasteiger partial charge in [-0.3, -0.25) is 10.1 Å². The van der Waals surface area contributed by atoms with Crippen molar-refractivity contribution >= 4 is 17.3 Å². The van der Waals surface area contributed by atoms with Gasteiger partial charge in [0.2, 0.25) is 0 Å². The third kappa shape index (κ3) is 1.68. The molecule has 0 bridgehead atoms. The average molecular weight is 274 g/mol. The van der Waals surface area contributed by atoms with E-state index in [-0.39, 0.29) is 17.5 Å². The maximum absolute atomic E-state index is 11.4. The van der Waals surface area contributed by atoms with E-state index in [2.05, 4.69) is 5.32 Å². The van der Waals surface area contributed by atoms with E-state index in [0.717, 1.165) is 5.56 Å². The van der Waals surface area contributed by atoms with Gasteiger partial charge in [-0.15, -0.1) is 0 Å². The number of nitro groups is 1. The van der Waals surface area contributed by atoms with Gasteiger partial charge in [0, 0.05) is 23.6 Å². The molecule has 3 atom stereocenters. The molecule has 6 nitrogen and oxygen atoms in total. The van der Waals surface area contributed by atoms with Gasteiger partial charge >= 0.3 is 5.97 Å². The van der Waals surface area contributed by atoms with Crippen LogP contribution in [0.3, 0.4) is 0 Å². The summed E-state index contributed by atoms with van der Waals surface area (Å²) in [5.74, 6) is -0.923. The minimum Gasteiger partial charge on any atom is -0.480 e. The Morgan fingerprint density at radius 1 is 1.50 bits per heavy atom. The number of hydrogen-bond acceptors (Lipinski definition) is 4. The summed E-state index contributed by atoms with van der Waals surface area (Å²) in [6.07, 6.45) is 4.70. The SMILES string of the molecule is Cc1c([N+](=O)[O-])ccc2c1N[C@H](C(=O)O)[C@@H]1CC=C[C@@H]21. The lowest BCUT2D eigenvalue weighted by Gasteiger charge is -2.35. The Morgan fingerprint density at radius 2 is 2.25 bits per heavy atom. The molecule has 0 amide bonds. The molecule has 0 unspecified atom stereocenters. The number of rotatable bonds is 2. The molecule has 1 aromatic rings. The van der Waals surface area contributed by atoms with Gasteiger partial charge in [0.25, 0.3) is 5.69 Å². The molecule has 20 heavy (non-hydrogen) atoms. The normalized spacial score (nSPS) is 26.6. The quantitative estimate of drug-likeness (QED) is 0.491. The minimum absolute atomic E-state index is 0.0146. The average Bonchev–Trinajstić information content (AvgIpc) is 2.86. The van der Waals surface area contributed by atoms with Crippen LogP contribution in [0, 0.1) is 23.0 Å². The van der Waals surface area contributed by atoms with Gasteiger partial charge < -0.3 is 10.4 Å². The summed E-state index contributed by atoms with van der Waals surface area (Å²) < 4.78 is 0. The monoisotopic (exact) mass is 274 g/mol. The molecule has 6 heteroatoms. The first-order chi connectivity index (χ1) is 9.50. The van der Waals surface area contributed by atoms with Crippen LogP contribution in [0.5, 0.6) is 0 Å². The molecule has 1 aliphatic heterocycles. The molecule has 1 aromatic carbocycles. The minimum atomic E-state index is -0.916.